The normalized spacial score (nSPS) is 10.9. The number of ether oxygens (including phenoxy) is 3. The molecule has 0 N–H and O–H groups in total. The number of methoxy groups -OCH3 is 3. The number of nitrogens with zero attached hydrogens (tertiary/aromatic N) is 4. The van der Waals surface area contributed by atoms with Gasteiger partial charge in [-0.05, 0) is 29.8 Å². The highest BCUT2D eigenvalue weighted by atomic mass is 32.1. The van der Waals surface area contributed by atoms with Gasteiger partial charge in [0.05, 0.1) is 31.9 Å². The lowest BCUT2D eigenvalue weighted by molar-refractivity contribution is -0.384. The molecule has 0 atom stereocenters. The fourth-order valence-electron chi connectivity index (χ4n) is 3.07. The second kappa shape index (κ2) is 7.40. The Bertz CT molecular complexity index is 1170. The molecular weight excluding hydrogens is 396 g/mol. The summed E-state index contributed by atoms with van der Waals surface area (Å²) in [5, 5.41) is 21.4. The Morgan fingerprint density at radius 3 is 2.17 bits per heavy atom. The van der Waals surface area contributed by atoms with Crippen molar-refractivity contribution in [3.05, 3.63) is 51.9 Å². The van der Waals surface area contributed by atoms with Crippen LogP contribution in [-0.4, -0.2) is 40.9 Å². The van der Waals surface area contributed by atoms with Crippen molar-refractivity contribution < 1.29 is 19.1 Å². The molecular formula is C19H16N4O5S. The molecule has 0 bridgehead atoms. The van der Waals surface area contributed by atoms with E-state index in [9.17, 15) is 10.1 Å². The highest BCUT2D eigenvalue weighted by Gasteiger charge is 2.20. The smallest absolute Gasteiger partial charge is 0.269 e. The molecule has 0 aliphatic carbocycles. The quantitative estimate of drug-likeness (QED) is 0.348. The van der Waals surface area contributed by atoms with Gasteiger partial charge in [0.1, 0.15) is 0 Å². The summed E-state index contributed by atoms with van der Waals surface area (Å²) < 4.78 is 18.2. The summed E-state index contributed by atoms with van der Waals surface area (Å²) in [6, 6.07) is 9.96. The molecule has 0 amide bonds. The second-order valence-corrected chi connectivity index (χ2v) is 6.82. The third-order valence-electron chi connectivity index (χ3n) is 4.45. The Balaban J connectivity index is 1.88. The van der Waals surface area contributed by atoms with Crippen LogP contribution in [0.25, 0.3) is 27.6 Å². The van der Waals surface area contributed by atoms with E-state index < -0.39 is 4.92 Å². The van der Waals surface area contributed by atoms with E-state index in [4.69, 9.17) is 14.2 Å². The van der Waals surface area contributed by atoms with Crippen LogP contribution in [0.4, 0.5) is 5.69 Å². The molecule has 0 unspecified atom stereocenters. The molecule has 0 aliphatic heterocycles. The molecule has 0 saturated heterocycles. The Labute approximate surface area is 169 Å². The first-order chi connectivity index (χ1) is 14.1. The Kier molecular flexibility index (Phi) is 4.77. The van der Waals surface area contributed by atoms with Gasteiger partial charge in [0, 0.05) is 23.1 Å². The molecule has 0 fully saturated rings. The van der Waals surface area contributed by atoms with Gasteiger partial charge in [0.25, 0.3) is 5.69 Å². The SMILES string of the molecule is COc1cc(-c2nnc3scc(-c4ccc([N+](=O)[O-])cc4)n23)cc(OC)c1OC. The van der Waals surface area contributed by atoms with E-state index in [0.717, 1.165) is 16.8 Å². The van der Waals surface area contributed by atoms with Crippen LogP contribution in [0.5, 0.6) is 17.2 Å². The summed E-state index contributed by atoms with van der Waals surface area (Å²) in [7, 11) is 4.64. The van der Waals surface area contributed by atoms with Crippen LogP contribution in [0.2, 0.25) is 0 Å². The lowest BCUT2D eigenvalue weighted by atomic mass is 10.1. The molecule has 2 aromatic heterocycles. The topological polar surface area (TPSA) is 101 Å². The van der Waals surface area contributed by atoms with Crippen molar-refractivity contribution in [1.82, 2.24) is 14.6 Å². The molecule has 9 nitrogen and oxygen atoms in total. The van der Waals surface area contributed by atoms with Crippen molar-refractivity contribution in [2.75, 3.05) is 21.3 Å². The molecule has 4 aromatic rings. The van der Waals surface area contributed by atoms with E-state index >= 15 is 0 Å². The third kappa shape index (κ3) is 3.13. The number of nitro groups is 1. The molecule has 0 spiro atoms. The number of non-ortho nitro benzene ring substituents is 1. The summed E-state index contributed by atoms with van der Waals surface area (Å²) in [6.45, 7) is 0. The number of nitro benzene ring substituents is 1. The van der Waals surface area contributed by atoms with Gasteiger partial charge in [-0.15, -0.1) is 21.5 Å². The van der Waals surface area contributed by atoms with Crippen LogP contribution >= 0.6 is 11.3 Å². The zero-order valence-corrected chi connectivity index (χ0v) is 16.6. The van der Waals surface area contributed by atoms with E-state index in [1.54, 1.807) is 45.6 Å². The van der Waals surface area contributed by atoms with Crippen LogP contribution in [0.1, 0.15) is 0 Å². The molecule has 2 heterocycles. The molecule has 0 aliphatic rings. The Morgan fingerprint density at radius 1 is 0.966 bits per heavy atom. The van der Waals surface area contributed by atoms with Crippen molar-refractivity contribution in [1.29, 1.82) is 0 Å². The number of benzene rings is 2. The molecule has 29 heavy (non-hydrogen) atoms. The van der Waals surface area contributed by atoms with E-state index in [1.807, 2.05) is 9.78 Å². The number of rotatable bonds is 6. The highest BCUT2D eigenvalue weighted by Crippen LogP contribution is 2.41. The largest absolute Gasteiger partial charge is 0.493 e. The summed E-state index contributed by atoms with van der Waals surface area (Å²) in [6.07, 6.45) is 0. The fourth-order valence-corrected chi connectivity index (χ4v) is 3.91. The van der Waals surface area contributed by atoms with Crippen molar-refractivity contribution in [2.24, 2.45) is 0 Å². The number of hydrogen-bond acceptors (Lipinski definition) is 8. The summed E-state index contributed by atoms with van der Waals surface area (Å²) >= 11 is 1.43. The number of aromatic nitrogens is 3. The lowest BCUT2D eigenvalue weighted by Gasteiger charge is -2.13. The van der Waals surface area contributed by atoms with E-state index in [-0.39, 0.29) is 5.69 Å². The average Bonchev–Trinajstić information content (AvgIpc) is 3.35. The average molecular weight is 412 g/mol. The predicted octanol–water partition coefficient (Wildman–Crippen LogP) is 4.06. The molecule has 2 aromatic carbocycles. The molecule has 10 heteroatoms. The van der Waals surface area contributed by atoms with Gasteiger partial charge in [0.15, 0.2) is 17.3 Å². The molecule has 4 rings (SSSR count). The maximum atomic E-state index is 10.9. The van der Waals surface area contributed by atoms with Crippen LogP contribution in [-0.2, 0) is 0 Å². The van der Waals surface area contributed by atoms with Gasteiger partial charge in [-0.3, -0.25) is 14.5 Å². The van der Waals surface area contributed by atoms with Gasteiger partial charge < -0.3 is 14.2 Å². The van der Waals surface area contributed by atoms with E-state index in [1.165, 1.54) is 23.5 Å². The van der Waals surface area contributed by atoms with E-state index in [0.29, 0.717) is 28.0 Å². The number of thiazole rings is 1. The van der Waals surface area contributed by atoms with Gasteiger partial charge in [-0.2, -0.15) is 0 Å². The fraction of sp³-hybridized carbons (Fsp3) is 0.158. The molecule has 0 radical (unpaired) electrons. The van der Waals surface area contributed by atoms with Crippen molar-refractivity contribution in [3.8, 4) is 39.9 Å². The Morgan fingerprint density at radius 2 is 1.62 bits per heavy atom. The van der Waals surface area contributed by atoms with Gasteiger partial charge in [0.2, 0.25) is 10.7 Å². The van der Waals surface area contributed by atoms with Crippen molar-refractivity contribution >= 4 is 22.0 Å². The minimum atomic E-state index is -0.424. The van der Waals surface area contributed by atoms with Gasteiger partial charge in [-0.1, -0.05) is 0 Å². The maximum Gasteiger partial charge on any atom is 0.269 e. The zero-order chi connectivity index (χ0) is 20.5. The standard InChI is InChI=1S/C19H16N4O5S/c1-26-15-8-12(9-16(27-2)17(15)28-3)18-20-21-19-22(18)14(10-29-19)11-4-6-13(7-5-11)23(24)25/h4-10H,1-3H3. The second-order valence-electron chi connectivity index (χ2n) is 5.98. The number of fused-ring (bicyclic) bond motifs is 1. The first-order valence-corrected chi connectivity index (χ1v) is 9.33. The monoisotopic (exact) mass is 412 g/mol. The van der Waals surface area contributed by atoms with Gasteiger partial charge in [-0.25, -0.2) is 0 Å². The Hall–Kier alpha value is -3.66. The highest BCUT2D eigenvalue weighted by molar-refractivity contribution is 7.15. The predicted molar refractivity (Wildman–Crippen MR) is 108 cm³/mol. The first kappa shape index (κ1) is 18.7. The summed E-state index contributed by atoms with van der Waals surface area (Å²) in [5.74, 6) is 2.09. The first-order valence-electron chi connectivity index (χ1n) is 8.45. The van der Waals surface area contributed by atoms with Crippen LogP contribution in [0, 0.1) is 10.1 Å². The maximum absolute atomic E-state index is 10.9. The lowest BCUT2D eigenvalue weighted by Crippen LogP contribution is -1.97. The minimum absolute atomic E-state index is 0.0360. The number of hydrogen-bond donors (Lipinski definition) is 0. The zero-order valence-electron chi connectivity index (χ0n) is 15.8. The summed E-state index contributed by atoms with van der Waals surface area (Å²) in [5.41, 5.74) is 2.41. The van der Waals surface area contributed by atoms with Gasteiger partial charge >= 0.3 is 0 Å². The van der Waals surface area contributed by atoms with Crippen LogP contribution in [0.3, 0.4) is 0 Å². The summed E-state index contributed by atoms with van der Waals surface area (Å²) in [4.78, 5) is 11.2. The third-order valence-corrected chi connectivity index (χ3v) is 5.26. The van der Waals surface area contributed by atoms with E-state index in [2.05, 4.69) is 10.2 Å². The van der Waals surface area contributed by atoms with Crippen LogP contribution < -0.4 is 14.2 Å². The molecule has 0 saturated carbocycles. The van der Waals surface area contributed by atoms with Crippen molar-refractivity contribution in [3.63, 3.8) is 0 Å². The van der Waals surface area contributed by atoms with Crippen molar-refractivity contribution in [2.45, 2.75) is 0 Å². The minimum Gasteiger partial charge on any atom is -0.493 e. The molecule has 148 valence electrons. The van der Waals surface area contributed by atoms with Crippen LogP contribution in [0.15, 0.2) is 41.8 Å².